The summed E-state index contributed by atoms with van der Waals surface area (Å²) < 4.78 is 0. The Labute approximate surface area is 122 Å². The van der Waals surface area contributed by atoms with Crippen LogP contribution in [0.3, 0.4) is 0 Å². The van der Waals surface area contributed by atoms with Gasteiger partial charge in [-0.1, -0.05) is 36.4 Å². The van der Waals surface area contributed by atoms with Crippen LogP contribution in [-0.4, -0.2) is 17.7 Å². The first kappa shape index (κ1) is 14.6. The summed E-state index contributed by atoms with van der Waals surface area (Å²) in [7, 11) is 0. The van der Waals surface area contributed by atoms with E-state index in [-0.39, 0.29) is 5.78 Å². The molecule has 0 aliphatic carbocycles. The molecular formula is C16H15N3O2. The molecule has 0 spiro atoms. The minimum absolute atomic E-state index is 0.358. The Morgan fingerprint density at radius 3 is 2.10 bits per heavy atom. The van der Waals surface area contributed by atoms with E-state index in [0.717, 1.165) is 0 Å². The van der Waals surface area contributed by atoms with Crippen molar-refractivity contribution < 1.29 is 9.59 Å². The Hall–Kier alpha value is -2.82. The molecule has 0 heterocycles. The van der Waals surface area contributed by atoms with Crippen LogP contribution >= 0.6 is 0 Å². The molecule has 2 rings (SSSR count). The standard InChI is InChI=1S/C16H15N3O2/c1-12(20)15(19-18-14-10-6-3-7-11-14)16(21)17-13-8-4-2-5-9-13/h2-11,15H,1H3,(H,17,21)/t15-/m0/s1. The second-order valence-electron chi connectivity index (χ2n) is 4.42. The third-order valence-electron chi connectivity index (χ3n) is 2.72. The third kappa shape index (κ3) is 4.35. The minimum Gasteiger partial charge on any atom is -0.324 e. The Bertz CT molecular complexity index is 639. The number of amides is 1. The van der Waals surface area contributed by atoms with Crippen LogP contribution in [0.2, 0.25) is 0 Å². The summed E-state index contributed by atoms with van der Waals surface area (Å²) >= 11 is 0. The van der Waals surface area contributed by atoms with E-state index in [1.165, 1.54) is 6.92 Å². The molecule has 21 heavy (non-hydrogen) atoms. The Kier molecular flexibility index (Phi) is 4.93. The quantitative estimate of drug-likeness (QED) is 0.674. The number of anilines is 1. The number of ketones is 1. The third-order valence-corrected chi connectivity index (χ3v) is 2.72. The molecule has 2 aromatic rings. The highest BCUT2D eigenvalue weighted by atomic mass is 16.2. The first-order valence-electron chi connectivity index (χ1n) is 6.49. The lowest BCUT2D eigenvalue weighted by atomic mass is 10.2. The van der Waals surface area contributed by atoms with Gasteiger partial charge in [-0.25, -0.2) is 0 Å². The number of Topliss-reactive ketones (excluding diaryl/α,β-unsaturated/α-hetero) is 1. The number of benzene rings is 2. The number of carbonyl (C=O) groups is 2. The summed E-state index contributed by atoms with van der Waals surface area (Å²) in [5.41, 5.74) is 1.21. The molecule has 0 aliphatic rings. The van der Waals surface area contributed by atoms with Gasteiger partial charge in [-0.2, -0.15) is 10.2 Å². The van der Waals surface area contributed by atoms with Gasteiger partial charge in [0.05, 0.1) is 5.69 Å². The van der Waals surface area contributed by atoms with Crippen molar-refractivity contribution in [1.29, 1.82) is 0 Å². The number of nitrogens with zero attached hydrogens (tertiary/aromatic N) is 2. The van der Waals surface area contributed by atoms with Crippen molar-refractivity contribution in [2.45, 2.75) is 13.0 Å². The zero-order chi connectivity index (χ0) is 15.1. The van der Waals surface area contributed by atoms with Crippen molar-refractivity contribution in [2.24, 2.45) is 10.2 Å². The summed E-state index contributed by atoms with van der Waals surface area (Å²) in [5, 5.41) is 10.4. The van der Waals surface area contributed by atoms with E-state index in [1.54, 1.807) is 48.5 Å². The smallest absolute Gasteiger partial charge is 0.258 e. The minimum atomic E-state index is -1.15. The Morgan fingerprint density at radius 1 is 0.952 bits per heavy atom. The molecule has 0 bridgehead atoms. The molecule has 1 N–H and O–H groups in total. The second kappa shape index (κ2) is 7.09. The summed E-state index contributed by atoms with van der Waals surface area (Å²) in [4.78, 5) is 23.7. The average Bonchev–Trinajstić information content (AvgIpc) is 2.49. The molecule has 0 saturated carbocycles. The van der Waals surface area contributed by atoms with Crippen molar-refractivity contribution in [2.75, 3.05) is 5.32 Å². The fraction of sp³-hybridized carbons (Fsp3) is 0.125. The Morgan fingerprint density at radius 2 is 1.52 bits per heavy atom. The maximum Gasteiger partial charge on any atom is 0.258 e. The van der Waals surface area contributed by atoms with E-state index in [0.29, 0.717) is 11.4 Å². The molecule has 2 aromatic carbocycles. The molecule has 1 atom stereocenters. The maximum absolute atomic E-state index is 12.1. The van der Waals surface area contributed by atoms with E-state index in [9.17, 15) is 9.59 Å². The van der Waals surface area contributed by atoms with E-state index in [2.05, 4.69) is 15.5 Å². The van der Waals surface area contributed by atoms with Crippen molar-refractivity contribution >= 4 is 23.1 Å². The highest BCUT2D eigenvalue weighted by molar-refractivity contribution is 6.10. The monoisotopic (exact) mass is 281 g/mol. The van der Waals surface area contributed by atoms with E-state index in [1.807, 2.05) is 12.1 Å². The highest BCUT2D eigenvalue weighted by Crippen LogP contribution is 2.13. The number of carbonyl (C=O) groups excluding carboxylic acids is 2. The van der Waals surface area contributed by atoms with Crippen LogP contribution in [0.5, 0.6) is 0 Å². The highest BCUT2D eigenvalue weighted by Gasteiger charge is 2.23. The average molecular weight is 281 g/mol. The number of hydrogen-bond donors (Lipinski definition) is 1. The summed E-state index contributed by atoms with van der Waals surface area (Å²) in [5.74, 6) is -0.850. The lowest BCUT2D eigenvalue weighted by Gasteiger charge is -2.09. The Balaban J connectivity index is 2.10. The lowest BCUT2D eigenvalue weighted by molar-refractivity contribution is -0.126. The van der Waals surface area contributed by atoms with Crippen molar-refractivity contribution in [3.05, 3.63) is 60.7 Å². The lowest BCUT2D eigenvalue weighted by Crippen LogP contribution is -2.31. The van der Waals surface area contributed by atoms with Gasteiger partial charge in [-0.15, -0.1) is 0 Å². The number of rotatable bonds is 5. The fourth-order valence-electron chi connectivity index (χ4n) is 1.67. The normalized spacial score (nSPS) is 12.0. The van der Waals surface area contributed by atoms with Crippen LogP contribution in [0.4, 0.5) is 11.4 Å². The SMILES string of the molecule is CC(=O)[C@H](N=Nc1ccccc1)C(=O)Nc1ccccc1. The molecule has 0 aliphatic heterocycles. The number of nitrogens with one attached hydrogen (secondary N) is 1. The van der Waals surface area contributed by atoms with E-state index < -0.39 is 11.9 Å². The van der Waals surface area contributed by atoms with Crippen LogP contribution in [0.1, 0.15) is 6.92 Å². The molecule has 0 aromatic heterocycles. The first-order chi connectivity index (χ1) is 10.2. The van der Waals surface area contributed by atoms with E-state index in [4.69, 9.17) is 0 Å². The van der Waals surface area contributed by atoms with Crippen LogP contribution in [-0.2, 0) is 9.59 Å². The van der Waals surface area contributed by atoms with Crippen molar-refractivity contribution in [1.82, 2.24) is 0 Å². The molecule has 1 amide bonds. The molecule has 0 fully saturated rings. The number of azo groups is 1. The molecule has 5 nitrogen and oxygen atoms in total. The predicted octanol–water partition coefficient (Wildman–Crippen LogP) is 3.37. The number of para-hydroxylation sites is 1. The number of hydrogen-bond acceptors (Lipinski definition) is 4. The summed E-state index contributed by atoms with van der Waals surface area (Å²) in [6.07, 6.45) is 0. The largest absolute Gasteiger partial charge is 0.324 e. The predicted molar refractivity (Wildman–Crippen MR) is 80.5 cm³/mol. The van der Waals surface area contributed by atoms with Crippen molar-refractivity contribution in [3.63, 3.8) is 0 Å². The van der Waals surface area contributed by atoms with Gasteiger partial charge in [-0.3, -0.25) is 9.59 Å². The second-order valence-corrected chi connectivity index (χ2v) is 4.42. The molecular weight excluding hydrogens is 266 g/mol. The zero-order valence-electron chi connectivity index (χ0n) is 11.6. The fourth-order valence-corrected chi connectivity index (χ4v) is 1.67. The van der Waals surface area contributed by atoms with Crippen LogP contribution in [0.15, 0.2) is 70.9 Å². The van der Waals surface area contributed by atoms with Crippen LogP contribution in [0.25, 0.3) is 0 Å². The molecule has 5 heteroatoms. The van der Waals surface area contributed by atoms with Gasteiger partial charge in [0.15, 0.2) is 5.78 Å². The summed E-state index contributed by atoms with van der Waals surface area (Å²) in [6.45, 7) is 1.32. The zero-order valence-corrected chi connectivity index (χ0v) is 11.6. The topological polar surface area (TPSA) is 70.9 Å². The van der Waals surface area contributed by atoms with Gasteiger partial charge in [-0.05, 0) is 31.2 Å². The van der Waals surface area contributed by atoms with E-state index >= 15 is 0 Å². The first-order valence-corrected chi connectivity index (χ1v) is 6.49. The van der Waals surface area contributed by atoms with Gasteiger partial charge >= 0.3 is 0 Å². The molecule has 0 unspecified atom stereocenters. The summed E-state index contributed by atoms with van der Waals surface area (Å²) in [6, 6.07) is 16.7. The van der Waals surface area contributed by atoms with Crippen LogP contribution < -0.4 is 5.32 Å². The van der Waals surface area contributed by atoms with Crippen molar-refractivity contribution in [3.8, 4) is 0 Å². The van der Waals surface area contributed by atoms with Crippen LogP contribution in [0, 0.1) is 0 Å². The molecule has 0 radical (unpaired) electrons. The molecule has 0 saturated heterocycles. The maximum atomic E-state index is 12.1. The van der Waals surface area contributed by atoms with Gasteiger partial charge in [0.1, 0.15) is 0 Å². The van der Waals surface area contributed by atoms with Gasteiger partial charge in [0, 0.05) is 5.69 Å². The van der Waals surface area contributed by atoms with Gasteiger partial charge in [0.2, 0.25) is 6.04 Å². The van der Waals surface area contributed by atoms with Gasteiger partial charge < -0.3 is 5.32 Å². The molecule has 106 valence electrons. The van der Waals surface area contributed by atoms with Gasteiger partial charge in [0.25, 0.3) is 5.91 Å².